The highest BCUT2D eigenvalue weighted by Gasteiger charge is 2.32. The molecule has 24 heavy (non-hydrogen) atoms. The minimum absolute atomic E-state index is 0.0478. The molecule has 3 heteroatoms. The van der Waals surface area contributed by atoms with Crippen LogP contribution in [0.4, 0.5) is 0 Å². The Balaban J connectivity index is 1.90. The minimum Gasteiger partial charge on any atom is -0.370 e. The van der Waals surface area contributed by atoms with Gasteiger partial charge in [0.05, 0.1) is 5.70 Å². The highest BCUT2D eigenvalue weighted by Crippen LogP contribution is 2.48. The monoisotopic (exact) mass is 425 g/mol. The number of carbonyl (C=O) groups is 1. The highest BCUT2D eigenvalue weighted by atomic mass is 127. The molecule has 0 atom stereocenters. The van der Waals surface area contributed by atoms with Crippen molar-refractivity contribution < 1.29 is 4.79 Å². The van der Waals surface area contributed by atoms with Gasteiger partial charge >= 0.3 is 0 Å². The molecule has 0 saturated carbocycles. The molecule has 118 valence electrons. The van der Waals surface area contributed by atoms with Gasteiger partial charge in [-0.05, 0) is 39.8 Å². The van der Waals surface area contributed by atoms with E-state index in [4.69, 9.17) is 0 Å². The van der Waals surface area contributed by atoms with Crippen molar-refractivity contribution in [3.8, 4) is 0 Å². The van der Waals surface area contributed by atoms with Crippen molar-refractivity contribution in [2.45, 2.75) is 0 Å². The number of benzene rings is 2. The third-order valence-electron chi connectivity index (χ3n) is 4.48. The van der Waals surface area contributed by atoms with Crippen LogP contribution >= 0.6 is 22.6 Å². The average Bonchev–Trinajstić information content (AvgIpc) is 2.95. The first-order valence-electron chi connectivity index (χ1n) is 7.89. The highest BCUT2D eigenvalue weighted by molar-refractivity contribution is 14.1. The molecule has 0 spiro atoms. The van der Waals surface area contributed by atoms with Crippen molar-refractivity contribution in [3.63, 3.8) is 0 Å². The quantitative estimate of drug-likeness (QED) is 0.386. The van der Waals surface area contributed by atoms with Crippen LogP contribution in [0.25, 0.3) is 11.3 Å². The molecule has 4 rings (SSSR count). The maximum atomic E-state index is 12.7. The lowest BCUT2D eigenvalue weighted by Gasteiger charge is -2.25. The van der Waals surface area contributed by atoms with Crippen molar-refractivity contribution in [3.05, 3.63) is 92.6 Å². The first-order chi connectivity index (χ1) is 11.7. The van der Waals surface area contributed by atoms with Gasteiger partial charge in [-0.2, -0.15) is 0 Å². The summed E-state index contributed by atoms with van der Waals surface area (Å²) in [6, 6.07) is 17.8. The normalized spacial score (nSPS) is 17.7. The van der Waals surface area contributed by atoms with Gasteiger partial charge < -0.3 is 4.90 Å². The number of allylic oxidation sites excluding steroid dienone is 4. The zero-order valence-corrected chi connectivity index (χ0v) is 15.4. The Hall–Kier alpha value is -2.14. The van der Waals surface area contributed by atoms with E-state index in [0.29, 0.717) is 0 Å². The summed E-state index contributed by atoms with van der Waals surface area (Å²) in [4.78, 5) is 15.0. The standard InChI is InChI=1S/C21H16INO/c1-23-12-11-18(22)20-17(13-19(24)14-7-3-2-4-8-14)15-9-5-6-10-16(15)21(20)23/h2-11,13H,12H2,1H3. The number of hydrogen-bond acceptors (Lipinski definition) is 2. The molecule has 1 aliphatic carbocycles. The minimum atomic E-state index is 0.0478. The first kappa shape index (κ1) is 15.4. The molecule has 2 nitrogen and oxygen atoms in total. The maximum Gasteiger partial charge on any atom is 0.186 e. The van der Waals surface area contributed by atoms with Gasteiger partial charge in [0.15, 0.2) is 5.78 Å². The predicted octanol–water partition coefficient (Wildman–Crippen LogP) is 4.94. The average molecular weight is 425 g/mol. The summed E-state index contributed by atoms with van der Waals surface area (Å²) < 4.78 is 1.21. The molecule has 2 aromatic rings. The molecule has 0 bridgehead atoms. The smallest absolute Gasteiger partial charge is 0.186 e. The number of rotatable bonds is 2. The Morgan fingerprint density at radius 3 is 2.46 bits per heavy atom. The van der Waals surface area contributed by atoms with Gasteiger partial charge in [0.1, 0.15) is 0 Å². The van der Waals surface area contributed by atoms with E-state index in [2.05, 4.69) is 58.8 Å². The lowest BCUT2D eigenvalue weighted by atomic mass is 9.99. The topological polar surface area (TPSA) is 20.3 Å². The second-order valence-corrected chi connectivity index (χ2v) is 7.15. The summed E-state index contributed by atoms with van der Waals surface area (Å²) in [6.07, 6.45) is 4.01. The molecular formula is C21H16INO. The fraction of sp³-hybridized carbons (Fsp3) is 0.0952. The summed E-state index contributed by atoms with van der Waals surface area (Å²) in [7, 11) is 2.10. The van der Waals surface area contributed by atoms with Gasteiger partial charge in [0.25, 0.3) is 0 Å². The van der Waals surface area contributed by atoms with Crippen LogP contribution in [0.1, 0.15) is 21.5 Å². The third-order valence-corrected chi connectivity index (χ3v) is 5.46. The molecular weight excluding hydrogens is 409 g/mol. The second-order valence-electron chi connectivity index (χ2n) is 5.99. The van der Waals surface area contributed by atoms with E-state index in [1.807, 2.05) is 36.4 Å². The fourth-order valence-electron chi connectivity index (χ4n) is 3.34. The van der Waals surface area contributed by atoms with Crippen LogP contribution in [0.15, 0.2) is 75.9 Å². The third kappa shape index (κ3) is 2.44. The Bertz CT molecular complexity index is 922. The summed E-state index contributed by atoms with van der Waals surface area (Å²) in [5.74, 6) is 0.0478. The first-order valence-corrected chi connectivity index (χ1v) is 8.97. The molecule has 0 saturated heterocycles. The van der Waals surface area contributed by atoms with Gasteiger partial charge in [-0.1, -0.05) is 60.7 Å². The van der Waals surface area contributed by atoms with Crippen LogP contribution in [0, 0.1) is 0 Å². The van der Waals surface area contributed by atoms with Gasteiger partial charge in [-0.25, -0.2) is 0 Å². The van der Waals surface area contributed by atoms with Gasteiger partial charge in [0.2, 0.25) is 0 Å². The molecule has 2 aromatic carbocycles. The van der Waals surface area contributed by atoms with Crippen molar-refractivity contribution in [1.82, 2.24) is 4.90 Å². The van der Waals surface area contributed by atoms with Crippen LogP contribution in [0.2, 0.25) is 0 Å². The Morgan fingerprint density at radius 2 is 1.71 bits per heavy atom. The van der Waals surface area contributed by atoms with Crippen LogP contribution in [-0.4, -0.2) is 24.3 Å². The largest absolute Gasteiger partial charge is 0.370 e. The fourth-order valence-corrected chi connectivity index (χ4v) is 4.08. The van der Waals surface area contributed by atoms with Crippen LogP contribution in [-0.2, 0) is 0 Å². The second kappa shape index (κ2) is 6.06. The van der Waals surface area contributed by atoms with Crippen LogP contribution in [0.5, 0.6) is 0 Å². The van der Waals surface area contributed by atoms with Crippen molar-refractivity contribution in [2.24, 2.45) is 0 Å². The number of likely N-dealkylation sites (N-methyl/N-ethyl adjacent to an activating group) is 1. The molecule has 1 heterocycles. The van der Waals surface area contributed by atoms with E-state index in [9.17, 15) is 4.79 Å². The molecule has 2 aliphatic rings. The van der Waals surface area contributed by atoms with E-state index in [1.54, 1.807) is 6.08 Å². The molecule has 0 unspecified atom stereocenters. The van der Waals surface area contributed by atoms with E-state index < -0.39 is 0 Å². The lowest BCUT2D eigenvalue weighted by molar-refractivity contribution is 0.104. The van der Waals surface area contributed by atoms with Gasteiger partial charge in [-0.15, -0.1) is 0 Å². The molecule has 0 aromatic heterocycles. The lowest BCUT2D eigenvalue weighted by Crippen LogP contribution is -2.20. The molecule has 1 aliphatic heterocycles. The van der Waals surface area contributed by atoms with E-state index in [0.717, 1.165) is 23.2 Å². The predicted molar refractivity (Wildman–Crippen MR) is 107 cm³/mol. The van der Waals surface area contributed by atoms with Gasteiger partial charge in [0, 0.05) is 33.9 Å². The molecule has 0 radical (unpaired) electrons. The summed E-state index contributed by atoms with van der Waals surface area (Å²) in [5.41, 5.74) is 6.51. The number of ketones is 1. The number of hydrogen-bond donors (Lipinski definition) is 0. The Kier molecular flexibility index (Phi) is 3.88. The SMILES string of the molecule is CN1CC=C(I)C2=C1c1ccccc1C2=CC(=O)c1ccccc1. The molecule has 0 N–H and O–H groups in total. The number of nitrogens with zero attached hydrogens (tertiary/aromatic N) is 1. The number of halogens is 1. The number of carbonyl (C=O) groups excluding carboxylic acids is 1. The molecule has 0 amide bonds. The summed E-state index contributed by atoms with van der Waals surface area (Å²) in [6.45, 7) is 0.894. The Morgan fingerprint density at radius 1 is 1.04 bits per heavy atom. The van der Waals surface area contributed by atoms with E-state index in [-0.39, 0.29) is 5.78 Å². The van der Waals surface area contributed by atoms with Gasteiger partial charge in [-0.3, -0.25) is 4.79 Å². The van der Waals surface area contributed by atoms with Crippen LogP contribution in [0.3, 0.4) is 0 Å². The Labute approximate surface area is 155 Å². The van der Waals surface area contributed by atoms with Crippen LogP contribution < -0.4 is 0 Å². The van der Waals surface area contributed by atoms with E-state index >= 15 is 0 Å². The van der Waals surface area contributed by atoms with Crippen molar-refractivity contribution in [2.75, 3.05) is 13.6 Å². The zero-order chi connectivity index (χ0) is 16.7. The molecule has 0 fully saturated rings. The summed E-state index contributed by atoms with van der Waals surface area (Å²) in [5, 5.41) is 0. The zero-order valence-electron chi connectivity index (χ0n) is 13.3. The van der Waals surface area contributed by atoms with Crippen molar-refractivity contribution in [1.29, 1.82) is 0 Å². The number of fused-ring (bicyclic) bond motifs is 2. The summed E-state index contributed by atoms with van der Waals surface area (Å²) >= 11 is 2.38. The maximum absolute atomic E-state index is 12.7. The van der Waals surface area contributed by atoms with E-state index in [1.165, 1.54) is 20.4 Å². The van der Waals surface area contributed by atoms with Crippen molar-refractivity contribution >= 4 is 39.6 Å².